The maximum Gasteiger partial charge on any atom is 0.255 e. The average Bonchev–Trinajstić information content (AvgIpc) is 3.14. The van der Waals surface area contributed by atoms with Crippen LogP contribution in [0.2, 0.25) is 0 Å². The Hall–Kier alpha value is -2.45. The first-order valence-corrected chi connectivity index (χ1v) is 9.89. The van der Waals surface area contributed by atoms with Crippen molar-refractivity contribution in [1.82, 2.24) is 9.71 Å². The Morgan fingerprint density at radius 1 is 1.15 bits per heavy atom. The molecular weight excluding hydrogens is 354 g/mol. The van der Waals surface area contributed by atoms with Gasteiger partial charge in [-0.2, -0.15) is 0 Å². The molecule has 1 aliphatic rings. The summed E-state index contributed by atoms with van der Waals surface area (Å²) in [6.45, 7) is 0. The van der Waals surface area contributed by atoms with Crippen LogP contribution in [0.25, 0.3) is 0 Å². The summed E-state index contributed by atoms with van der Waals surface area (Å²) in [5.74, 6) is -0.202. The standard InChI is InChI=1S/C18H21N3O4S/c1-25-16-7-6-13(18(22)20-14-8-10-19-11-9-14)12-17(16)26(23,24)21-15-4-2-3-5-15/h6-12,15,21H,2-5H2,1H3,(H,19,20,22). The van der Waals surface area contributed by atoms with Crippen LogP contribution in [0.1, 0.15) is 36.0 Å². The van der Waals surface area contributed by atoms with Crippen LogP contribution in [0.5, 0.6) is 5.75 Å². The summed E-state index contributed by atoms with van der Waals surface area (Å²) in [6, 6.07) is 7.60. The number of rotatable bonds is 6. The molecule has 8 heteroatoms. The summed E-state index contributed by atoms with van der Waals surface area (Å²) in [6.07, 6.45) is 6.79. The largest absolute Gasteiger partial charge is 0.495 e. The van der Waals surface area contributed by atoms with Crippen LogP contribution in [0.15, 0.2) is 47.6 Å². The van der Waals surface area contributed by atoms with Gasteiger partial charge in [-0.25, -0.2) is 13.1 Å². The van der Waals surface area contributed by atoms with Gasteiger partial charge in [0.2, 0.25) is 10.0 Å². The van der Waals surface area contributed by atoms with Gasteiger partial charge in [0, 0.05) is 29.7 Å². The third-order valence-corrected chi connectivity index (χ3v) is 5.87. The van der Waals surface area contributed by atoms with Crippen molar-refractivity contribution in [3.8, 4) is 5.75 Å². The number of ether oxygens (including phenoxy) is 1. The monoisotopic (exact) mass is 375 g/mol. The third kappa shape index (κ3) is 4.20. The van der Waals surface area contributed by atoms with Crippen LogP contribution >= 0.6 is 0 Å². The number of pyridine rings is 1. The summed E-state index contributed by atoms with van der Waals surface area (Å²) >= 11 is 0. The van der Waals surface area contributed by atoms with Crippen LogP contribution < -0.4 is 14.8 Å². The van der Waals surface area contributed by atoms with Crippen molar-refractivity contribution < 1.29 is 17.9 Å². The van der Waals surface area contributed by atoms with Crippen molar-refractivity contribution in [1.29, 1.82) is 0 Å². The molecule has 1 aromatic carbocycles. The molecule has 2 aromatic rings. The number of nitrogens with zero attached hydrogens (tertiary/aromatic N) is 1. The lowest BCUT2D eigenvalue weighted by molar-refractivity contribution is 0.102. The number of hydrogen-bond donors (Lipinski definition) is 2. The molecule has 1 aromatic heterocycles. The van der Waals surface area contributed by atoms with Crippen LogP contribution in [0, 0.1) is 0 Å². The number of nitrogens with one attached hydrogen (secondary N) is 2. The van der Waals surface area contributed by atoms with E-state index in [1.165, 1.54) is 25.3 Å². The number of anilines is 1. The minimum absolute atomic E-state index is 0.0331. The van der Waals surface area contributed by atoms with Crippen LogP contribution in [0.4, 0.5) is 5.69 Å². The number of amides is 1. The van der Waals surface area contributed by atoms with E-state index in [9.17, 15) is 13.2 Å². The number of benzene rings is 1. The molecule has 0 saturated heterocycles. The maximum atomic E-state index is 12.8. The van der Waals surface area contributed by atoms with E-state index in [1.807, 2.05) is 0 Å². The smallest absolute Gasteiger partial charge is 0.255 e. The molecule has 7 nitrogen and oxygen atoms in total. The van der Waals surface area contributed by atoms with E-state index in [1.54, 1.807) is 24.5 Å². The molecule has 1 aliphatic carbocycles. The van der Waals surface area contributed by atoms with Gasteiger partial charge in [0.05, 0.1) is 7.11 Å². The van der Waals surface area contributed by atoms with Gasteiger partial charge in [-0.3, -0.25) is 9.78 Å². The first-order valence-electron chi connectivity index (χ1n) is 8.41. The third-order valence-electron chi connectivity index (χ3n) is 4.33. The number of sulfonamides is 1. The van der Waals surface area contributed by atoms with Crippen LogP contribution in [-0.4, -0.2) is 32.5 Å². The second kappa shape index (κ2) is 7.84. The Labute approximate surface area is 152 Å². The van der Waals surface area contributed by atoms with Gasteiger partial charge in [0.1, 0.15) is 10.6 Å². The summed E-state index contributed by atoms with van der Waals surface area (Å²) in [4.78, 5) is 16.3. The van der Waals surface area contributed by atoms with E-state index < -0.39 is 15.9 Å². The second-order valence-corrected chi connectivity index (χ2v) is 7.84. The fourth-order valence-electron chi connectivity index (χ4n) is 2.99. The van der Waals surface area contributed by atoms with E-state index in [-0.39, 0.29) is 22.3 Å². The highest BCUT2D eigenvalue weighted by atomic mass is 32.2. The van der Waals surface area contributed by atoms with Crippen molar-refractivity contribution >= 4 is 21.6 Å². The van der Waals surface area contributed by atoms with Gasteiger partial charge in [-0.15, -0.1) is 0 Å². The minimum Gasteiger partial charge on any atom is -0.495 e. The molecule has 0 spiro atoms. The van der Waals surface area contributed by atoms with E-state index in [4.69, 9.17) is 4.74 Å². The van der Waals surface area contributed by atoms with Crippen molar-refractivity contribution in [2.75, 3.05) is 12.4 Å². The Bertz CT molecular complexity index is 879. The molecule has 1 amide bonds. The fraction of sp³-hybridized carbons (Fsp3) is 0.333. The van der Waals surface area contributed by atoms with Gasteiger partial charge in [0.15, 0.2) is 0 Å². The normalized spacial score (nSPS) is 15.0. The topological polar surface area (TPSA) is 97.4 Å². The molecule has 1 fully saturated rings. The SMILES string of the molecule is COc1ccc(C(=O)Nc2ccncc2)cc1S(=O)(=O)NC1CCCC1. The lowest BCUT2D eigenvalue weighted by Crippen LogP contribution is -2.33. The first kappa shape index (κ1) is 18.3. The molecule has 0 unspecified atom stereocenters. The molecule has 0 radical (unpaired) electrons. The number of carbonyl (C=O) groups is 1. The molecule has 26 heavy (non-hydrogen) atoms. The molecule has 1 heterocycles. The summed E-state index contributed by atoms with van der Waals surface area (Å²) in [5, 5.41) is 2.71. The Morgan fingerprint density at radius 3 is 2.50 bits per heavy atom. The van der Waals surface area contributed by atoms with Crippen LogP contribution in [-0.2, 0) is 10.0 Å². The van der Waals surface area contributed by atoms with Crippen molar-refractivity contribution in [3.05, 3.63) is 48.3 Å². The molecule has 2 N–H and O–H groups in total. The van der Waals surface area contributed by atoms with Crippen LogP contribution in [0.3, 0.4) is 0 Å². The first-order chi connectivity index (χ1) is 12.5. The average molecular weight is 375 g/mol. The Morgan fingerprint density at radius 2 is 1.85 bits per heavy atom. The highest BCUT2D eigenvalue weighted by molar-refractivity contribution is 7.89. The molecule has 0 aliphatic heterocycles. The highest BCUT2D eigenvalue weighted by Crippen LogP contribution is 2.27. The van der Waals surface area contributed by atoms with E-state index in [2.05, 4.69) is 15.0 Å². The fourth-order valence-corrected chi connectivity index (χ4v) is 4.49. The molecule has 1 saturated carbocycles. The zero-order chi connectivity index (χ0) is 18.6. The Balaban J connectivity index is 1.87. The second-order valence-electron chi connectivity index (χ2n) is 6.16. The van der Waals surface area contributed by atoms with Gasteiger partial charge in [-0.1, -0.05) is 12.8 Å². The zero-order valence-corrected chi connectivity index (χ0v) is 15.3. The van der Waals surface area contributed by atoms with Crippen molar-refractivity contribution in [2.24, 2.45) is 0 Å². The summed E-state index contributed by atoms with van der Waals surface area (Å²) in [7, 11) is -2.38. The van der Waals surface area contributed by atoms with Gasteiger partial charge in [0.25, 0.3) is 5.91 Å². The number of aromatic nitrogens is 1. The molecular formula is C18H21N3O4S. The minimum atomic E-state index is -3.78. The number of carbonyl (C=O) groups excluding carboxylic acids is 1. The summed E-state index contributed by atoms with van der Waals surface area (Å²) in [5.41, 5.74) is 0.809. The van der Waals surface area contributed by atoms with Crippen molar-refractivity contribution in [2.45, 2.75) is 36.6 Å². The lowest BCUT2D eigenvalue weighted by Gasteiger charge is -2.15. The van der Waals surface area contributed by atoms with E-state index in [0.29, 0.717) is 5.69 Å². The molecule has 0 atom stereocenters. The van der Waals surface area contributed by atoms with Gasteiger partial charge < -0.3 is 10.1 Å². The quantitative estimate of drug-likeness (QED) is 0.809. The van der Waals surface area contributed by atoms with Crippen molar-refractivity contribution in [3.63, 3.8) is 0 Å². The molecule has 0 bridgehead atoms. The van der Waals surface area contributed by atoms with Gasteiger partial charge in [-0.05, 0) is 43.2 Å². The highest BCUT2D eigenvalue weighted by Gasteiger charge is 2.26. The van der Waals surface area contributed by atoms with E-state index in [0.717, 1.165) is 25.7 Å². The number of methoxy groups -OCH3 is 1. The predicted molar refractivity (Wildman–Crippen MR) is 97.8 cm³/mol. The zero-order valence-electron chi connectivity index (χ0n) is 14.4. The Kier molecular flexibility index (Phi) is 5.53. The predicted octanol–water partition coefficient (Wildman–Crippen LogP) is 2.56. The van der Waals surface area contributed by atoms with E-state index >= 15 is 0 Å². The maximum absolute atomic E-state index is 12.8. The molecule has 3 rings (SSSR count). The number of hydrogen-bond acceptors (Lipinski definition) is 5. The molecule has 138 valence electrons. The van der Waals surface area contributed by atoms with Gasteiger partial charge >= 0.3 is 0 Å². The lowest BCUT2D eigenvalue weighted by atomic mass is 10.2. The summed E-state index contributed by atoms with van der Waals surface area (Å²) < 4.78 is 33.4.